The maximum absolute atomic E-state index is 12.5. The fourth-order valence-corrected chi connectivity index (χ4v) is 3.90. The molecule has 2 aliphatic heterocycles. The molecule has 0 saturated carbocycles. The van der Waals surface area contributed by atoms with Gasteiger partial charge in [0.1, 0.15) is 0 Å². The maximum atomic E-state index is 12.5. The van der Waals surface area contributed by atoms with Crippen LogP contribution in [0.5, 0.6) is 0 Å². The van der Waals surface area contributed by atoms with Gasteiger partial charge in [0.25, 0.3) is 5.56 Å². The lowest BCUT2D eigenvalue weighted by atomic mass is 9.97. The summed E-state index contributed by atoms with van der Waals surface area (Å²) in [5.41, 5.74) is 0.697. The number of nitrogens with one attached hydrogen (secondary N) is 1. The van der Waals surface area contributed by atoms with Crippen LogP contribution in [0, 0.1) is 5.92 Å². The van der Waals surface area contributed by atoms with Gasteiger partial charge in [0.05, 0.1) is 17.8 Å². The molecule has 3 rings (SSSR count). The van der Waals surface area contributed by atoms with Gasteiger partial charge < -0.3 is 15.1 Å². The predicted molar refractivity (Wildman–Crippen MR) is 102 cm³/mol. The van der Waals surface area contributed by atoms with Gasteiger partial charge in [-0.25, -0.2) is 4.68 Å². The molecule has 1 aromatic heterocycles. The number of hydrogen-bond donors (Lipinski definition) is 1. The third-order valence-corrected chi connectivity index (χ3v) is 5.51. The molecule has 1 atom stereocenters. The van der Waals surface area contributed by atoms with E-state index in [4.69, 9.17) is 0 Å². The van der Waals surface area contributed by atoms with E-state index in [0.717, 1.165) is 44.6 Å². The van der Waals surface area contributed by atoms with Crippen LogP contribution < -0.4 is 15.8 Å². The summed E-state index contributed by atoms with van der Waals surface area (Å²) >= 11 is 0. The Hall–Kier alpha value is -1.89. The minimum absolute atomic E-state index is 0.0113. The topological polar surface area (TPSA) is 70.5 Å². The van der Waals surface area contributed by atoms with E-state index in [-0.39, 0.29) is 17.4 Å². The molecule has 0 radical (unpaired) electrons. The molecular weight excluding hydrogens is 330 g/mol. The zero-order valence-electron chi connectivity index (χ0n) is 15.8. The first kappa shape index (κ1) is 18.9. The van der Waals surface area contributed by atoms with Crippen LogP contribution >= 0.6 is 0 Å². The highest BCUT2D eigenvalue weighted by atomic mass is 16.2. The van der Waals surface area contributed by atoms with Crippen molar-refractivity contribution in [3.8, 4) is 0 Å². The lowest BCUT2D eigenvalue weighted by Gasteiger charge is -2.33. The number of piperidine rings is 2. The number of amides is 1. The molecular formula is C19H31N5O2. The van der Waals surface area contributed by atoms with Crippen LogP contribution in [0.1, 0.15) is 38.5 Å². The molecule has 0 spiro atoms. The second kappa shape index (κ2) is 9.16. The van der Waals surface area contributed by atoms with E-state index < -0.39 is 0 Å². The Labute approximate surface area is 155 Å². The molecule has 1 amide bonds. The van der Waals surface area contributed by atoms with Crippen LogP contribution in [-0.4, -0.2) is 59.9 Å². The number of aryl methyl sites for hydroxylation is 1. The van der Waals surface area contributed by atoms with Gasteiger partial charge in [0.2, 0.25) is 5.91 Å². The molecule has 0 aromatic carbocycles. The maximum Gasteiger partial charge on any atom is 0.268 e. The first-order valence-electron chi connectivity index (χ1n) is 9.92. The lowest BCUT2D eigenvalue weighted by molar-refractivity contribution is -0.125. The molecule has 0 bridgehead atoms. The number of likely N-dealkylation sites (tertiary alicyclic amines) is 1. The molecule has 1 N–H and O–H groups in total. The monoisotopic (exact) mass is 361 g/mol. The molecule has 2 aliphatic rings. The van der Waals surface area contributed by atoms with Gasteiger partial charge in [-0.1, -0.05) is 6.42 Å². The number of hydrogen-bond acceptors (Lipinski definition) is 5. The first-order chi connectivity index (χ1) is 12.6. The Morgan fingerprint density at radius 1 is 1.23 bits per heavy atom. The summed E-state index contributed by atoms with van der Waals surface area (Å²) in [5.74, 6) is 0.132. The van der Waals surface area contributed by atoms with Crippen molar-refractivity contribution in [3.05, 3.63) is 22.6 Å². The molecule has 7 nitrogen and oxygen atoms in total. The van der Waals surface area contributed by atoms with Crippen molar-refractivity contribution in [2.24, 2.45) is 13.0 Å². The molecule has 7 heteroatoms. The summed E-state index contributed by atoms with van der Waals surface area (Å²) in [6, 6.07) is 1.60. The van der Waals surface area contributed by atoms with Gasteiger partial charge in [-0.2, -0.15) is 5.10 Å². The van der Waals surface area contributed by atoms with Gasteiger partial charge in [0, 0.05) is 32.7 Å². The number of anilines is 1. The standard InChI is InChI=1S/C19H31N5O2/c1-22-18(25)13-17(14-21-22)24-12-5-7-16(15-24)19(26)20-8-6-11-23-9-3-2-4-10-23/h13-14,16H,2-12,15H2,1H3,(H,20,26)/t16-/m0/s1. The first-order valence-corrected chi connectivity index (χ1v) is 9.92. The second-order valence-corrected chi connectivity index (χ2v) is 7.51. The quantitative estimate of drug-likeness (QED) is 0.765. The van der Waals surface area contributed by atoms with Crippen LogP contribution in [0.2, 0.25) is 0 Å². The highest BCUT2D eigenvalue weighted by molar-refractivity contribution is 5.79. The Morgan fingerprint density at radius 3 is 2.81 bits per heavy atom. The zero-order valence-corrected chi connectivity index (χ0v) is 15.8. The normalized spacial score (nSPS) is 21.6. The molecule has 2 saturated heterocycles. The van der Waals surface area contributed by atoms with Gasteiger partial charge >= 0.3 is 0 Å². The van der Waals surface area contributed by atoms with Crippen molar-refractivity contribution < 1.29 is 4.79 Å². The van der Waals surface area contributed by atoms with Crippen molar-refractivity contribution in [3.63, 3.8) is 0 Å². The number of rotatable bonds is 6. The molecule has 0 aliphatic carbocycles. The van der Waals surface area contributed by atoms with Crippen molar-refractivity contribution in [2.45, 2.75) is 38.5 Å². The van der Waals surface area contributed by atoms with E-state index in [9.17, 15) is 9.59 Å². The summed E-state index contributed by atoms with van der Waals surface area (Å²) in [7, 11) is 1.64. The molecule has 1 aromatic rings. The van der Waals surface area contributed by atoms with E-state index in [0.29, 0.717) is 6.54 Å². The fourth-order valence-electron chi connectivity index (χ4n) is 3.90. The Kier molecular flexibility index (Phi) is 6.66. The summed E-state index contributed by atoms with van der Waals surface area (Å²) in [5, 5.41) is 7.20. The molecule has 3 heterocycles. The Balaban J connectivity index is 1.43. The summed E-state index contributed by atoms with van der Waals surface area (Å²) in [6.45, 7) is 5.77. The van der Waals surface area contributed by atoms with Gasteiger partial charge in [-0.3, -0.25) is 9.59 Å². The number of aromatic nitrogens is 2. The average molecular weight is 361 g/mol. The average Bonchev–Trinajstić information content (AvgIpc) is 2.68. The van der Waals surface area contributed by atoms with E-state index in [1.54, 1.807) is 19.3 Å². The third-order valence-electron chi connectivity index (χ3n) is 5.51. The van der Waals surface area contributed by atoms with Crippen molar-refractivity contribution in [2.75, 3.05) is 44.2 Å². The molecule has 144 valence electrons. The van der Waals surface area contributed by atoms with Crippen molar-refractivity contribution in [1.29, 1.82) is 0 Å². The molecule has 2 fully saturated rings. The van der Waals surface area contributed by atoms with Gasteiger partial charge in [-0.05, 0) is 51.7 Å². The van der Waals surface area contributed by atoms with Gasteiger partial charge in [-0.15, -0.1) is 0 Å². The van der Waals surface area contributed by atoms with Crippen molar-refractivity contribution in [1.82, 2.24) is 20.0 Å². The summed E-state index contributed by atoms with van der Waals surface area (Å²) < 4.78 is 1.32. The Morgan fingerprint density at radius 2 is 2.04 bits per heavy atom. The van der Waals surface area contributed by atoms with E-state index in [1.807, 2.05) is 0 Å². The van der Waals surface area contributed by atoms with Crippen LogP contribution in [0.3, 0.4) is 0 Å². The van der Waals surface area contributed by atoms with Gasteiger partial charge in [0.15, 0.2) is 0 Å². The second-order valence-electron chi connectivity index (χ2n) is 7.51. The van der Waals surface area contributed by atoms with Crippen molar-refractivity contribution >= 4 is 11.6 Å². The number of carbonyl (C=O) groups excluding carboxylic acids is 1. The van der Waals surface area contributed by atoms with E-state index in [1.165, 1.54) is 37.0 Å². The lowest BCUT2D eigenvalue weighted by Crippen LogP contribution is -2.44. The summed E-state index contributed by atoms with van der Waals surface area (Å²) in [4.78, 5) is 28.9. The fraction of sp³-hybridized carbons (Fsp3) is 0.737. The third kappa shape index (κ3) is 5.06. The Bertz CT molecular complexity index is 654. The van der Waals surface area contributed by atoms with Crippen LogP contribution in [0.25, 0.3) is 0 Å². The zero-order chi connectivity index (χ0) is 18.4. The smallest absolute Gasteiger partial charge is 0.268 e. The SMILES string of the molecule is Cn1ncc(N2CCC[C@H](C(=O)NCCCN3CCCCC3)C2)cc1=O. The largest absolute Gasteiger partial charge is 0.369 e. The predicted octanol–water partition coefficient (Wildman–Crippen LogP) is 0.989. The minimum atomic E-state index is -0.119. The molecule has 26 heavy (non-hydrogen) atoms. The van der Waals surface area contributed by atoms with Crippen LogP contribution in [0.15, 0.2) is 17.1 Å². The number of nitrogens with zero attached hydrogens (tertiary/aromatic N) is 4. The van der Waals surface area contributed by atoms with E-state index >= 15 is 0 Å². The summed E-state index contributed by atoms with van der Waals surface area (Å²) in [6.07, 6.45) is 8.56. The highest BCUT2D eigenvalue weighted by Gasteiger charge is 2.26. The minimum Gasteiger partial charge on any atom is -0.369 e. The number of carbonyl (C=O) groups is 1. The van der Waals surface area contributed by atoms with E-state index in [2.05, 4.69) is 20.2 Å². The van der Waals surface area contributed by atoms with Crippen LogP contribution in [0.4, 0.5) is 5.69 Å². The van der Waals surface area contributed by atoms with Crippen LogP contribution in [-0.2, 0) is 11.8 Å². The highest BCUT2D eigenvalue weighted by Crippen LogP contribution is 2.21. The molecule has 0 unspecified atom stereocenters.